The third-order valence-electron chi connectivity index (χ3n) is 4.25. The lowest BCUT2D eigenvalue weighted by molar-refractivity contribution is -0.114. The van der Waals surface area contributed by atoms with Crippen molar-refractivity contribution in [3.63, 3.8) is 0 Å². The zero-order valence-corrected chi connectivity index (χ0v) is 14.2. The van der Waals surface area contributed by atoms with E-state index in [1.54, 1.807) is 4.52 Å². The van der Waals surface area contributed by atoms with Gasteiger partial charge in [0, 0.05) is 28.9 Å². The predicted octanol–water partition coefficient (Wildman–Crippen LogP) is 3.52. The third kappa shape index (κ3) is 2.52. The molecule has 0 radical (unpaired) electrons. The highest BCUT2D eigenvalue weighted by atomic mass is 16.1. The van der Waals surface area contributed by atoms with E-state index in [-0.39, 0.29) is 5.91 Å². The second-order valence-corrected chi connectivity index (χ2v) is 6.10. The average molecular weight is 331 g/mol. The second kappa shape index (κ2) is 5.66. The molecule has 1 N–H and O–H groups in total. The standard InChI is InChI=1S/C19H17N5O/c1-11-8-9-14(10-17(11)20-13(3)25)18-21-22-19-16-7-5-4-6-15(16)12(2)23-24(18)19/h4-10H,1-3H3,(H,20,25). The number of aryl methyl sites for hydroxylation is 2. The molecule has 0 atom stereocenters. The van der Waals surface area contributed by atoms with Crippen molar-refractivity contribution in [2.75, 3.05) is 5.32 Å². The van der Waals surface area contributed by atoms with E-state index in [4.69, 9.17) is 0 Å². The number of hydrogen-bond donors (Lipinski definition) is 1. The Labute approximate surface area is 144 Å². The number of rotatable bonds is 2. The van der Waals surface area contributed by atoms with Crippen molar-refractivity contribution in [1.82, 2.24) is 19.8 Å². The number of amides is 1. The second-order valence-electron chi connectivity index (χ2n) is 6.10. The van der Waals surface area contributed by atoms with Gasteiger partial charge in [-0.3, -0.25) is 4.79 Å². The molecular weight excluding hydrogens is 314 g/mol. The Kier molecular flexibility index (Phi) is 3.46. The molecule has 0 unspecified atom stereocenters. The van der Waals surface area contributed by atoms with Gasteiger partial charge < -0.3 is 5.32 Å². The van der Waals surface area contributed by atoms with Crippen molar-refractivity contribution < 1.29 is 4.79 Å². The van der Waals surface area contributed by atoms with Gasteiger partial charge >= 0.3 is 0 Å². The molecule has 2 aromatic carbocycles. The summed E-state index contributed by atoms with van der Waals surface area (Å²) in [5.74, 6) is 0.543. The van der Waals surface area contributed by atoms with Crippen LogP contribution in [0.5, 0.6) is 0 Å². The molecule has 0 saturated heterocycles. The summed E-state index contributed by atoms with van der Waals surface area (Å²) in [5.41, 5.74) is 4.24. The Morgan fingerprint density at radius 1 is 1.04 bits per heavy atom. The van der Waals surface area contributed by atoms with E-state index < -0.39 is 0 Å². The first-order valence-corrected chi connectivity index (χ1v) is 8.04. The van der Waals surface area contributed by atoms with Crippen LogP contribution in [0.3, 0.4) is 0 Å². The minimum Gasteiger partial charge on any atom is -0.326 e. The summed E-state index contributed by atoms with van der Waals surface area (Å²) in [6.45, 7) is 5.42. The van der Waals surface area contributed by atoms with Gasteiger partial charge in [-0.25, -0.2) is 0 Å². The minimum absolute atomic E-state index is 0.105. The van der Waals surface area contributed by atoms with E-state index in [1.807, 2.05) is 56.3 Å². The normalized spacial score (nSPS) is 11.2. The molecule has 0 aliphatic carbocycles. The number of anilines is 1. The van der Waals surface area contributed by atoms with Crippen LogP contribution in [0.2, 0.25) is 0 Å². The van der Waals surface area contributed by atoms with Crippen molar-refractivity contribution in [2.45, 2.75) is 20.8 Å². The van der Waals surface area contributed by atoms with Crippen molar-refractivity contribution in [1.29, 1.82) is 0 Å². The van der Waals surface area contributed by atoms with Gasteiger partial charge in [-0.05, 0) is 25.5 Å². The van der Waals surface area contributed by atoms with E-state index in [2.05, 4.69) is 20.6 Å². The molecule has 0 fully saturated rings. The van der Waals surface area contributed by atoms with Crippen molar-refractivity contribution in [2.24, 2.45) is 0 Å². The van der Waals surface area contributed by atoms with Gasteiger partial charge in [-0.2, -0.15) is 9.61 Å². The molecule has 4 rings (SSSR count). The highest BCUT2D eigenvalue weighted by Crippen LogP contribution is 2.27. The monoisotopic (exact) mass is 331 g/mol. The summed E-state index contributed by atoms with van der Waals surface area (Å²) in [6, 6.07) is 13.8. The molecule has 2 aromatic heterocycles. The summed E-state index contributed by atoms with van der Waals surface area (Å²) >= 11 is 0. The summed E-state index contributed by atoms with van der Waals surface area (Å²) in [5, 5.41) is 18.3. The van der Waals surface area contributed by atoms with Crippen LogP contribution in [0, 0.1) is 13.8 Å². The fourth-order valence-electron chi connectivity index (χ4n) is 3.01. The molecule has 6 nitrogen and oxygen atoms in total. The first-order valence-electron chi connectivity index (χ1n) is 8.04. The first kappa shape index (κ1) is 15.3. The lowest BCUT2D eigenvalue weighted by Crippen LogP contribution is -2.07. The number of fused-ring (bicyclic) bond motifs is 3. The topological polar surface area (TPSA) is 72.2 Å². The molecule has 0 aliphatic heterocycles. The maximum Gasteiger partial charge on any atom is 0.221 e. The summed E-state index contributed by atoms with van der Waals surface area (Å²) < 4.78 is 1.76. The lowest BCUT2D eigenvalue weighted by Gasteiger charge is -2.09. The fourth-order valence-corrected chi connectivity index (χ4v) is 3.01. The Bertz CT molecular complexity index is 1130. The first-order chi connectivity index (χ1) is 12.0. The molecule has 0 bridgehead atoms. The number of aromatic nitrogens is 4. The Morgan fingerprint density at radius 3 is 2.56 bits per heavy atom. The number of carbonyl (C=O) groups is 1. The fraction of sp³-hybridized carbons (Fsp3) is 0.158. The molecule has 0 aliphatic rings. The van der Waals surface area contributed by atoms with Crippen LogP contribution in [-0.4, -0.2) is 25.7 Å². The van der Waals surface area contributed by atoms with Gasteiger partial charge in [0.1, 0.15) is 0 Å². The SMILES string of the molecule is CC(=O)Nc1cc(-c2nnc3c4ccccc4c(C)nn23)ccc1C. The number of hydrogen-bond acceptors (Lipinski definition) is 4. The van der Waals surface area contributed by atoms with E-state index in [9.17, 15) is 4.79 Å². The molecule has 1 amide bonds. The molecule has 25 heavy (non-hydrogen) atoms. The number of nitrogens with one attached hydrogen (secondary N) is 1. The van der Waals surface area contributed by atoms with E-state index in [0.29, 0.717) is 5.82 Å². The number of carbonyl (C=O) groups excluding carboxylic acids is 1. The Hall–Kier alpha value is -3.28. The predicted molar refractivity (Wildman–Crippen MR) is 97.5 cm³/mol. The highest BCUT2D eigenvalue weighted by molar-refractivity contribution is 5.95. The molecular formula is C19H17N5O. The van der Waals surface area contributed by atoms with Gasteiger partial charge in [0.05, 0.1) is 5.69 Å². The molecule has 6 heteroatoms. The zero-order chi connectivity index (χ0) is 17.6. The van der Waals surface area contributed by atoms with E-state index >= 15 is 0 Å². The molecule has 4 aromatic rings. The van der Waals surface area contributed by atoms with Crippen LogP contribution in [0.1, 0.15) is 18.2 Å². The number of benzene rings is 2. The Morgan fingerprint density at radius 2 is 1.80 bits per heavy atom. The van der Waals surface area contributed by atoms with E-state index in [1.165, 1.54) is 6.92 Å². The largest absolute Gasteiger partial charge is 0.326 e. The molecule has 124 valence electrons. The Balaban J connectivity index is 1.95. The summed E-state index contributed by atoms with van der Waals surface area (Å²) in [7, 11) is 0. The number of nitrogens with zero attached hydrogens (tertiary/aromatic N) is 4. The van der Waals surface area contributed by atoms with Gasteiger partial charge in [0.25, 0.3) is 0 Å². The van der Waals surface area contributed by atoms with Crippen LogP contribution in [0.25, 0.3) is 27.8 Å². The molecule has 2 heterocycles. The third-order valence-corrected chi connectivity index (χ3v) is 4.25. The maximum absolute atomic E-state index is 11.4. The van der Waals surface area contributed by atoms with Gasteiger partial charge in [0.15, 0.2) is 11.5 Å². The van der Waals surface area contributed by atoms with Gasteiger partial charge in [-0.15, -0.1) is 10.2 Å². The average Bonchev–Trinajstić information content (AvgIpc) is 3.01. The quantitative estimate of drug-likeness (QED) is 0.610. The van der Waals surface area contributed by atoms with E-state index in [0.717, 1.165) is 38.9 Å². The lowest BCUT2D eigenvalue weighted by atomic mass is 10.1. The zero-order valence-electron chi connectivity index (χ0n) is 14.2. The van der Waals surface area contributed by atoms with Gasteiger partial charge in [0.2, 0.25) is 5.91 Å². The minimum atomic E-state index is -0.105. The summed E-state index contributed by atoms with van der Waals surface area (Å²) in [6.07, 6.45) is 0. The van der Waals surface area contributed by atoms with Crippen LogP contribution >= 0.6 is 0 Å². The maximum atomic E-state index is 11.4. The van der Waals surface area contributed by atoms with Crippen molar-refractivity contribution >= 4 is 28.0 Å². The van der Waals surface area contributed by atoms with Crippen LogP contribution in [-0.2, 0) is 4.79 Å². The highest BCUT2D eigenvalue weighted by Gasteiger charge is 2.14. The van der Waals surface area contributed by atoms with Crippen molar-refractivity contribution in [3.8, 4) is 11.4 Å². The van der Waals surface area contributed by atoms with Crippen LogP contribution in [0.15, 0.2) is 42.5 Å². The molecule has 0 spiro atoms. The summed E-state index contributed by atoms with van der Waals surface area (Å²) in [4.78, 5) is 11.4. The van der Waals surface area contributed by atoms with Gasteiger partial charge in [-0.1, -0.05) is 36.4 Å². The molecule has 0 saturated carbocycles. The smallest absolute Gasteiger partial charge is 0.221 e. The van der Waals surface area contributed by atoms with Crippen molar-refractivity contribution in [3.05, 3.63) is 53.7 Å². The van der Waals surface area contributed by atoms with Crippen LogP contribution < -0.4 is 5.32 Å². The van der Waals surface area contributed by atoms with Crippen LogP contribution in [0.4, 0.5) is 5.69 Å².